The number of hydrogen-bond donors (Lipinski definition) is 2. The molecular weight excluding hydrogens is 342 g/mol. The van der Waals surface area contributed by atoms with Gasteiger partial charge in [-0.1, -0.05) is 32.1 Å². The maximum absolute atomic E-state index is 10.2. The van der Waals surface area contributed by atoms with Gasteiger partial charge in [0.15, 0.2) is 17.6 Å². The molecule has 1 saturated carbocycles. The zero-order valence-electron chi connectivity index (χ0n) is 16.4. The van der Waals surface area contributed by atoms with Gasteiger partial charge in [0.2, 0.25) is 0 Å². The SMILES string of the molecule is CC1(C)[C@H]2CC=C(COC[C@H](O)C[NH2+]C[C@@H]3COc4ccccc4O3)[C@@H]1C2. The fourth-order valence-electron chi connectivity index (χ4n) is 4.68. The van der Waals surface area contributed by atoms with Crippen molar-refractivity contribution in [2.45, 2.75) is 38.9 Å². The molecule has 148 valence electrons. The van der Waals surface area contributed by atoms with Crippen molar-refractivity contribution in [3.63, 3.8) is 0 Å². The van der Waals surface area contributed by atoms with E-state index < -0.39 is 6.10 Å². The van der Waals surface area contributed by atoms with Gasteiger partial charge in [0, 0.05) is 0 Å². The topological polar surface area (TPSA) is 64.5 Å². The molecule has 5 rings (SSSR count). The summed E-state index contributed by atoms with van der Waals surface area (Å²) in [5.41, 5.74) is 1.87. The van der Waals surface area contributed by atoms with Crippen molar-refractivity contribution in [3.8, 4) is 11.5 Å². The molecule has 3 N–H and O–H groups in total. The van der Waals surface area contributed by atoms with Gasteiger partial charge in [-0.25, -0.2) is 0 Å². The van der Waals surface area contributed by atoms with Crippen LogP contribution in [0.2, 0.25) is 0 Å². The Morgan fingerprint density at radius 1 is 1.30 bits per heavy atom. The van der Waals surface area contributed by atoms with Gasteiger partial charge >= 0.3 is 0 Å². The highest BCUT2D eigenvalue weighted by molar-refractivity contribution is 5.40. The van der Waals surface area contributed by atoms with Gasteiger partial charge in [0.05, 0.1) is 13.2 Å². The van der Waals surface area contributed by atoms with Crippen molar-refractivity contribution in [1.82, 2.24) is 0 Å². The molecule has 27 heavy (non-hydrogen) atoms. The Bertz CT molecular complexity index is 687. The summed E-state index contributed by atoms with van der Waals surface area (Å²) in [6, 6.07) is 7.74. The van der Waals surface area contributed by atoms with Crippen LogP contribution in [0.4, 0.5) is 0 Å². The van der Waals surface area contributed by atoms with Gasteiger partial charge in [-0.2, -0.15) is 0 Å². The Balaban J connectivity index is 1.12. The van der Waals surface area contributed by atoms with Gasteiger partial charge in [0.25, 0.3) is 0 Å². The van der Waals surface area contributed by atoms with E-state index in [0.29, 0.717) is 37.7 Å². The van der Waals surface area contributed by atoms with E-state index in [1.54, 1.807) is 0 Å². The molecule has 3 aliphatic carbocycles. The van der Waals surface area contributed by atoms with Crippen molar-refractivity contribution >= 4 is 0 Å². The van der Waals surface area contributed by atoms with Crippen LogP contribution in [0.3, 0.4) is 0 Å². The highest BCUT2D eigenvalue weighted by Gasteiger charge is 2.50. The Morgan fingerprint density at radius 3 is 2.89 bits per heavy atom. The summed E-state index contributed by atoms with van der Waals surface area (Å²) in [6.45, 7) is 7.71. The molecule has 0 unspecified atom stereocenters. The number of allylic oxidation sites excluding steroid dienone is 1. The first-order chi connectivity index (χ1) is 13.0. The quantitative estimate of drug-likeness (QED) is 0.681. The first kappa shape index (κ1) is 18.8. The number of nitrogens with two attached hydrogens (primary N) is 1. The Hall–Kier alpha value is -1.56. The van der Waals surface area contributed by atoms with E-state index in [-0.39, 0.29) is 6.10 Å². The van der Waals surface area contributed by atoms with Crippen LogP contribution in [-0.2, 0) is 4.74 Å². The average molecular weight is 375 g/mol. The van der Waals surface area contributed by atoms with Crippen molar-refractivity contribution in [2.24, 2.45) is 17.3 Å². The van der Waals surface area contributed by atoms with E-state index in [9.17, 15) is 5.11 Å². The molecule has 1 fully saturated rings. The zero-order valence-corrected chi connectivity index (χ0v) is 16.4. The molecule has 0 aromatic heterocycles. The van der Waals surface area contributed by atoms with E-state index in [1.165, 1.54) is 18.4 Å². The third-order valence-corrected chi connectivity index (χ3v) is 6.60. The molecule has 2 bridgehead atoms. The molecule has 0 saturated heterocycles. The van der Waals surface area contributed by atoms with Crippen LogP contribution in [0, 0.1) is 17.3 Å². The van der Waals surface area contributed by atoms with Crippen molar-refractivity contribution < 1.29 is 24.6 Å². The smallest absolute Gasteiger partial charge is 0.181 e. The Labute approximate surface area is 161 Å². The van der Waals surface area contributed by atoms with Crippen LogP contribution in [0.15, 0.2) is 35.9 Å². The van der Waals surface area contributed by atoms with Crippen molar-refractivity contribution in [2.75, 3.05) is 32.9 Å². The standard InChI is InChI=1S/C22H31NO4/c1-22(2)16-8-7-15(19(22)9-16)12-25-13-17(24)10-23-11-18-14-26-20-5-3-4-6-21(20)27-18/h3-7,16-19,23-24H,8-14H2,1-2H3/p+1/t16-,17+,18+,19-/m0/s1. The number of benzene rings is 1. The lowest BCUT2D eigenvalue weighted by Gasteiger charge is -2.56. The predicted molar refractivity (Wildman–Crippen MR) is 103 cm³/mol. The summed E-state index contributed by atoms with van der Waals surface area (Å²) in [5, 5.41) is 12.3. The number of hydrogen-bond acceptors (Lipinski definition) is 4. The number of quaternary nitrogens is 1. The molecule has 4 aliphatic rings. The zero-order chi connectivity index (χ0) is 18.9. The molecule has 5 nitrogen and oxygen atoms in total. The number of fused-ring (bicyclic) bond motifs is 2. The molecule has 5 heteroatoms. The van der Waals surface area contributed by atoms with Crippen LogP contribution >= 0.6 is 0 Å². The van der Waals surface area contributed by atoms with Gasteiger partial charge in [0.1, 0.15) is 25.8 Å². The van der Waals surface area contributed by atoms with Gasteiger partial charge < -0.3 is 24.6 Å². The van der Waals surface area contributed by atoms with Crippen LogP contribution in [0.25, 0.3) is 0 Å². The Morgan fingerprint density at radius 2 is 2.11 bits per heavy atom. The largest absolute Gasteiger partial charge is 0.486 e. The maximum atomic E-state index is 10.2. The molecule has 1 aromatic carbocycles. The van der Waals surface area contributed by atoms with E-state index in [0.717, 1.165) is 24.0 Å². The summed E-state index contributed by atoms with van der Waals surface area (Å²) >= 11 is 0. The predicted octanol–water partition coefficient (Wildman–Crippen LogP) is 1.76. The molecule has 0 amide bonds. The van der Waals surface area contributed by atoms with Crippen molar-refractivity contribution in [3.05, 3.63) is 35.9 Å². The van der Waals surface area contributed by atoms with Crippen LogP contribution < -0.4 is 14.8 Å². The minimum absolute atomic E-state index is 0.00852. The molecular formula is C22H32NO4+. The highest BCUT2D eigenvalue weighted by atomic mass is 16.6. The summed E-state index contributed by atoms with van der Waals surface area (Å²) in [5.74, 6) is 3.13. The second-order valence-electron chi connectivity index (χ2n) is 8.75. The second kappa shape index (κ2) is 7.82. The number of aliphatic hydroxyl groups is 1. The lowest BCUT2D eigenvalue weighted by molar-refractivity contribution is -0.666. The molecule has 1 aliphatic heterocycles. The third-order valence-electron chi connectivity index (χ3n) is 6.60. The lowest BCUT2D eigenvalue weighted by Crippen LogP contribution is -2.89. The number of para-hydroxylation sites is 2. The monoisotopic (exact) mass is 374 g/mol. The summed E-state index contributed by atoms with van der Waals surface area (Å²) in [6.07, 6.45) is 4.40. The molecule has 1 aromatic rings. The molecule has 4 atom stereocenters. The molecule has 0 spiro atoms. The fourth-order valence-corrected chi connectivity index (χ4v) is 4.68. The van der Waals surface area contributed by atoms with E-state index >= 15 is 0 Å². The minimum atomic E-state index is -0.465. The highest BCUT2D eigenvalue weighted by Crippen LogP contribution is 2.59. The van der Waals surface area contributed by atoms with E-state index in [4.69, 9.17) is 14.2 Å². The average Bonchev–Trinajstić information content (AvgIpc) is 2.68. The Kier molecular flexibility index (Phi) is 5.44. The molecule has 1 heterocycles. The van der Waals surface area contributed by atoms with Crippen LogP contribution in [0.5, 0.6) is 11.5 Å². The van der Waals surface area contributed by atoms with E-state index in [2.05, 4.69) is 25.2 Å². The molecule has 0 radical (unpaired) electrons. The lowest BCUT2D eigenvalue weighted by atomic mass is 9.49. The summed E-state index contributed by atoms with van der Waals surface area (Å²) in [7, 11) is 0. The third kappa shape index (κ3) is 4.00. The van der Waals surface area contributed by atoms with Crippen LogP contribution in [0.1, 0.15) is 26.7 Å². The number of rotatable bonds is 8. The normalized spacial score (nSPS) is 28.9. The first-order valence-electron chi connectivity index (χ1n) is 10.2. The fraction of sp³-hybridized carbons (Fsp3) is 0.636. The van der Waals surface area contributed by atoms with Gasteiger partial charge in [-0.05, 0) is 47.8 Å². The van der Waals surface area contributed by atoms with Gasteiger partial charge in [-0.15, -0.1) is 0 Å². The number of ether oxygens (including phenoxy) is 3. The number of aliphatic hydroxyl groups excluding tert-OH is 1. The summed E-state index contributed by atoms with van der Waals surface area (Å²) < 4.78 is 17.5. The second-order valence-corrected chi connectivity index (χ2v) is 8.75. The first-order valence-corrected chi connectivity index (χ1v) is 10.2. The van der Waals surface area contributed by atoms with Gasteiger partial charge in [-0.3, -0.25) is 0 Å². The van der Waals surface area contributed by atoms with Crippen LogP contribution in [-0.4, -0.2) is 50.2 Å². The van der Waals surface area contributed by atoms with E-state index in [1.807, 2.05) is 24.3 Å². The minimum Gasteiger partial charge on any atom is -0.486 e. The summed E-state index contributed by atoms with van der Waals surface area (Å²) in [4.78, 5) is 0. The van der Waals surface area contributed by atoms with Crippen molar-refractivity contribution in [1.29, 1.82) is 0 Å². The maximum Gasteiger partial charge on any atom is 0.181 e.